The normalized spacial score (nSPS) is 15.5. The van der Waals surface area contributed by atoms with Crippen LogP contribution >= 0.6 is 0 Å². The van der Waals surface area contributed by atoms with Gasteiger partial charge in [0.15, 0.2) is 5.78 Å². The Morgan fingerprint density at radius 2 is 1.39 bits per heavy atom. The molecule has 1 heterocycles. The number of carbonyl (C=O) groups excluding carboxylic acids is 6. The first-order chi connectivity index (χ1) is 27.2. The molecule has 3 aromatic rings. The van der Waals surface area contributed by atoms with Gasteiger partial charge < -0.3 is 29.7 Å². The molecule has 0 unspecified atom stereocenters. The van der Waals surface area contributed by atoms with Crippen molar-refractivity contribution < 1.29 is 43.0 Å². The molecule has 1 aliphatic rings. The predicted molar refractivity (Wildman–Crippen MR) is 215 cm³/mol. The number of alkyl carbamates (subject to hydrolysis) is 1. The fourth-order valence-electron chi connectivity index (χ4n) is 6.66. The molecule has 4 rings (SSSR count). The molecule has 2 N–H and O–H groups in total. The molecule has 1 fully saturated rings. The van der Waals surface area contributed by atoms with E-state index in [9.17, 15) is 28.8 Å². The van der Waals surface area contributed by atoms with Crippen molar-refractivity contribution in [2.24, 2.45) is 11.8 Å². The zero-order chi connectivity index (χ0) is 41.4. The molecule has 3 aromatic carbocycles. The summed E-state index contributed by atoms with van der Waals surface area (Å²) in [4.78, 5) is 82.4. The number of nitrogens with zero attached hydrogens (tertiary/aromatic N) is 1. The molecule has 0 bridgehead atoms. The van der Waals surface area contributed by atoms with Crippen LogP contribution in [0.1, 0.15) is 94.6 Å². The molecule has 306 valence electrons. The summed E-state index contributed by atoms with van der Waals surface area (Å²) in [5, 5.41) is 5.64. The molecule has 4 atom stereocenters. The minimum atomic E-state index is -1.02. The number of hydrogen-bond donors (Lipinski definition) is 2. The molecule has 0 aliphatic carbocycles. The Balaban J connectivity index is 1.45. The van der Waals surface area contributed by atoms with E-state index in [1.165, 1.54) is 4.90 Å². The number of hydrogen-bond acceptors (Lipinski definition) is 9. The number of rotatable bonds is 19. The van der Waals surface area contributed by atoms with Gasteiger partial charge in [-0.15, -0.1) is 0 Å². The highest BCUT2D eigenvalue weighted by molar-refractivity contribution is 5.95. The number of ether oxygens (including phenoxy) is 3. The number of amides is 3. The van der Waals surface area contributed by atoms with Gasteiger partial charge in [0.25, 0.3) is 0 Å². The van der Waals surface area contributed by atoms with Crippen LogP contribution in [-0.4, -0.2) is 77.4 Å². The highest BCUT2D eigenvalue weighted by atomic mass is 16.6. The molecular weight excluding hydrogens is 727 g/mol. The highest BCUT2D eigenvalue weighted by Gasteiger charge is 2.40. The fourth-order valence-corrected chi connectivity index (χ4v) is 6.66. The number of ketones is 1. The summed E-state index contributed by atoms with van der Waals surface area (Å²) in [5.41, 5.74) is 1.27. The summed E-state index contributed by atoms with van der Waals surface area (Å²) in [7, 11) is 0. The lowest BCUT2D eigenvalue weighted by Gasteiger charge is -2.30. The first-order valence-corrected chi connectivity index (χ1v) is 19.8. The maximum Gasteiger partial charge on any atom is 0.408 e. The second-order valence-electron chi connectivity index (χ2n) is 15.8. The first kappa shape index (κ1) is 44.2. The lowest BCUT2D eigenvalue weighted by Crippen LogP contribution is -2.54. The number of nitrogens with one attached hydrogen (secondary N) is 2. The Labute approximate surface area is 336 Å². The third-order valence-corrected chi connectivity index (χ3v) is 9.70. The minimum absolute atomic E-state index is 0.0813. The summed E-state index contributed by atoms with van der Waals surface area (Å²) in [5.74, 6) is -3.37. The molecule has 1 saturated heterocycles. The van der Waals surface area contributed by atoms with Crippen molar-refractivity contribution in [1.29, 1.82) is 0 Å². The van der Waals surface area contributed by atoms with Gasteiger partial charge in [-0.05, 0) is 82.1 Å². The van der Waals surface area contributed by atoms with Crippen molar-refractivity contribution in [3.8, 4) is 0 Å². The highest BCUT2D eigenvalue weighted by Crippen LogP contribution is 2.24. The molecule has 1 aliphatic heterocycles. The maximum absolute atomic E-state index is 14.3. The molecule has 0 spiro atoms. The summed E-state index contributed by atoms with van der Waals surface area (Å²) in [6.45, 7) is 9.33. The van der Waals surface area contributed by atoms with Gasteiger partial charge >= 0.3 is 18.0 Å². The van der Waals surface area contributed by atoms with Crippen LogP contribution in [0.5, 0.6) is 0 Å². The molecule has 57 heavy (non-hydrogen) atoms. The number of Topliss-reactive ketones (excluding diaryl/α,β-unsaturated/α-hetero) is 1. The van der Waals surface area contributed by atoms with Crippen LogP contribution in [0.15, 0.2) is 91.0 Å². The number of unbranched alkanes of at least 4 members (excludes halogenated alkanes) is 1. The average molecular weight is 784 g/mol. The number of carbonyl (C=O) groups is 6. The fraction of sp³-hybridized carbons (Fsp3) is 0.467. The molecule has 0 saturated carbocycles. The van der Waals surface area contributed by atoms with E-state index >= 15 is 0 Å². The standard InChI is InChI=1S/C45H57N3O9/c1-31(2)35(29-39(49)36(47-44(54)57-45(3,4)5)24-15-16-27-55-42(52)34-22-13-8-14-23-34)40(50)46-37(28-32-18-9-6-10-19-32)41(51)48-26-17-25-38(48)43(53)56-30-33-20-11-7-12-21-33/h6-14,18-23,31,35-38H,15-17,24-30H2,1-5H3,(H,46,50)(H,47,54)/t35-,36-,37-,38+/m0/s1. The van der Waals surface area contributed by atoms with Crippen LogP contribution in [0.2, 0.25) is 0 Å². The van der Waals surface area contributed by atoms with E-state index in [4.69, 9.17) is 14.2 Å². The Morgan fingerprint density at radius 1 is 0.772 bits per heavy atom. The quantitative estimate of drug-likeness (QED) is 0.0777. The van der Waals surface area contributed by atoms with Crippen LogP contribution < -0.4 is 10.6 Å². The third-order valence-electron chi connectivity index (χ3n) is 9.70. The largest absolute Gasteiger partial charge is 0.462 e. The van der Waals surface area contributed by atoms with Crippen LogP contribution in [0.3, 0.4) is 0 Å². The predicted octanol–water partition coefficient (Wildman–Crippen LogP) is 6.60. The average Bonchev–Trinajstić information content (AvgIpc) is 3.68. The van der Waals surface area contributed by atoms with Crippen molar-refractivity contribution in [3.05, 3.63) is 108 Å². The Bertz CT molecular complexity index is 1780. The molecule has 12 nitrogen and oxygen atoms in total. The van der Waals surface area contributed by atoms with E-state index in [1.807, 2.05) is 74.5 Å². The minimum Gasteiger partial charge on any atom is -0.462 e. The van der Waals surface area contributed by atoms with Crippen LogP contribution in [0.4, 0.5) is 4.79 Å². The summed E-state index contributed by atoms with van der Waals surface area (Å²) in [6.07, 6.45) is 1.33. The zero-order valence-corrected chi connectivity index (χ0v) is 33.7. The lowest BCUT2D eigenvalue weighted by molar-refractivity contribution is -0.155. The van der Waals surface area contributed by atoms with Gasteiger partial charge in [0.05, 0.1) is 18.2 Å². The smallest absolute Gasteiger partial charge is 0.408 e. The molecule has 0 radical (unpaired) electrons. The lowest BCUT2D eigenvalue weighted by atomic mass is 9.86. The Morgan fingerprint density at radius 3 is 2.00 bits per heavy atom. The third kappa shape index (κ3) is 14.5. The molecule has 12 heteroatoms. The molecule has 3 amide bonds. The van der Waals surface area contributed by atoms with Gasteiger partial charge in [-0.3, -0.25) is 14.4 Å². The van der Waals surface area contributed by atoms with Crippen molar-refractivity contribution in [2.45, 2.75) is 110 Å². The van der Waals surface area contributed by atoms with E-state index in [2.05, 4.69) is 10.6 Å². The van der Waals surface area contributed by atoms with Crippen molar-refractivity contribution in [3.63, 3.8) is 0 Å². The number of benzene rings is 3. The first-order valence-electron chi connectivity index (χ1n) is 19.8. The van der Waals surface area contributed by atoms with Crippen LogP contribution in [-0.2, 0) is 46.4 Å². The topological polar surface area (TPSA) is 157 Å². The van der Waals surface area contributed by atoms with Gasteiger partial charge in [-0.25, -0.2) is 14.4 Å². The van der Waals surface area contributed by atoms with Crippen molar-refractivity contribution >= 4 is 35.6 Å². The summed E-state index contributed by atoms with van der Waals surface area (Å²) < 4.78 is 16.4. The van der Waals surface area contributed by atoms with E-state index in [0.29, 0.717) is 37.8 Å². The zero-order valence-electron chi connectivity index (χ0n) is 33.7. The van der Waals surface area contributed by atoms with Crippen LogP contribution in [0, 0.1) is 11.8 Å². The SMILES string of the molecule is CC(C)[C@H](CC(=O)[C@H](CCCCOC(=O)c1ccccc1)NC(=O)OC(C)(C)C)C(=O)N[C@@H](Cc1ccccc1)C(=O)N1CCC[C@@H]1C(=O)OCc1ccccc1. The van der Waals surface area contributed by atoms with E-state index in [1.54, 1.807) is 51.1 Å². The van der Waals surface area contributed by atoms with Gasteiger partial charge in [0, 0.05) is 25.3 Å². The van der Waals surface area contributed by atoms with Crippen molar-refractivity contribution in [1.82, 2.24) is 15.5 Å². The van der Waals surface area contributed by atoms with Gasteiger partial charge in [0.1, 0.15) is 24.3 Å². The van der Waals surface area contributed by atoms with E-state index < -0.39 is 59.5 Å². The van der Waals surface area contributed by atoms with Crippen molar-refractivity contribution in [2.75, 3.05) is 13.2 Å². The number of likely N-dealkylation sites (tertiary alicyclic amines) is 1. The maximum atomic E-state index is 14.3. The van der Waals surface area contributed by atoms with E-state index in [-0.39, 0.29) is 44.2 Å². The van der Waals surface area contributed by atoms with Crippen LogP contribution in [0.25, 0.3) is 0 Å². The summed E-state index contributed by atoms with van der Waals surface area (Å²) in [6, 6.07) is 24.4. The van der Waals surface area contributed by atoms with Gasteiger partial charge in [-0.2, -0.15) is 0 Å². The second-order valence-corrected chi connectivity index (χ2v) is 15.8. The van der Waals surface area contributed by atoms with Gasteiger partial charge in [0.2, 0.25) is 11.8 Å². The van der Waals surface area contributed by atoms with E-state index in [0.717, 1.165) is 11.1 Å². The monoisotopic (exact) mass is 783 g/mol. The Kier molecular flexibility index (Phi) is 16.8. The molecule has 0 aromatic heterocycles. The Hall–Kier alpha value is -5.52. The number of esters is 2. The second kappa shape index (κ2) is 21.7. The molecular formula is C45H57N3O9. The summed E-state index contributed by atoms with van der Waals surface area (Å²) >= 11 is 0. The van der Waals surface area contributed by atoms with Gasteiger partial charge in [-0.1, -0.05) is 92.7 Å².